The fourth-order valence-electron chi connectivity index (χ4n) is 1.91. The van der Waals surface area contributed by atoms with Crippen LogP contribution in [0.2, 0.25) is 0 Å². The van der Waals surface area contributed by atoms with E-state index in [-0.39, 0.29) is 24.0 Å². The lowest BCUT2D eigenvalue weighted by Crippen LogP contribution is -2.49. The van der Waals surface area contributed by atoms with Crippen molar-refractivity contribution < 1.29 is 14.3 Å². The van der Waals surface area contributed by atoms with Gasteiger partial charge in [-0.25, -0.2) is 0 Å². The zero-order valence-corrected chi connectivity index (χ0v) is 11.9. The van der Waals surface area contributed by atoms with Gasteiger partial charge in [-0.05, 0) is 33.1 Å². The minimum atomic E-state index is -0.554. The number of hydrogen-bond acceptors (Lipinski definition) is 4. The summed E-state index contributed by atoms with van der Waals surface area (Å²) in [4.78, 5) is 23.7. The van der Waals surface area contributed by atoms with Crippen molar-refractivity contribution in [3.63, 3.8) is 0 Å². The highest BCUT2D eigenvalue weighted by Crippen LogP contribution is 2.18. The lowest BCUT2D eigenvalue weighted by atomic mass is 10.1. The number of nitrogens with one attached hydrogen (secondary N) is 2. The van der Waals surface area contributed by atoms with Crippen molar-refractivity contribution in [2.24, 2.45) is 5.73 Å². The van der Waals surface area contributed by atoms with Crippen LogP contribution in [0.3, 0.4) is 0 Å². The third-order valence-corrected chi connectivity index (χ3v) is 3.42. The molecule has 2 unspecified atom stereocenters. The number of amides is 2. The molecule has 0 saturated carbocycles. The molecule has 6 nitrogen and oxygen atoms in total. The van der Waals surface area contributed by atoms with Gasteiger partial charge in [0.15, 0.2) is 0 Å². The monoisotopic (exact) mass is 271 g/mol. The normalized spacial score (nSPS) is 25.7. The first kappa shape index (κ1) is 15.9. The van der Waals surface area contributed by atoms with Crippen molar-refractivity contribution in [2.45, 2.75) is 64.3 Å². The van der Waals surface area contributed by atoms with E-state index in [1.54, 1.807) is 6.92 Å². The van der Waals surface area contributed by atoms with Crippen molar-refractivity contribution in [3.05, 3.63) is 0 Å². The minimum absolute atomic E-state index is 0.0417. The van der Waals surface area contributed by atoms with E-state index in [0.29, 0.717) is 13.0 Å². The molecule has 2 amide bonds. The molecule has 110 valence electrons. The van der Waals surface area contributed by atoms with E-state index in [1.807, 2.05) is 13.8 Å². The molecule has 0 aliphatic carbocycles. The van der Waals surface area contributed by atoms with Gasteiger partial charge in [0.25, 0.3) is 0 Å². The van der Waals surface area contributed by atoms with Gasteiger partial charge >= 0.3 is 0 Å². The predicted molar refractivity (Wildman–Crippen MR) is 72.4 cm³/mol. The standard InChI is InChI=1S/C13H25N3O3/c1-4-8(2)15-12(17)9(3)16-13(18)11-6-5-10(7-14)19-11/h8-11H,4-7,14H2,1-3H3,(H,15,17)(H,16,18)/t8?,9?,10-,11+/m1/s1. The van der Waals surface area contributed by atoms with Gasteiger partial charge in [0, 0.05) is 12.6 Å². The summed E-state index contributed by atoms with van der Waals surface area (Å²) in [6, 6.07) is -0.446. The van der Waals surface area contributed by atoms with Gasteiger partial charge < -0.3 is 21.1 Å². The van der Waals surface area contributed by atoms with Gasteiger partial charge in [-0.15, -0.1) is 0 Å². The largest absolute Gasteiger partial charge is 0.364 e. The first-order valence-electron chi connectivity index (χ1n) is 6.94. The number of hydrogen-bond donors (Lipinski definition) is 3. The van der Waals surface area contributed by atoms with E-state index in [4.69, 9.17) is 10.5 Å². The second-order valence-corrected chi connectivity index (χ2v) is 5.11. The molecule has 0 spiro atoms. The molecule has 0 aromatic heterocycles. The fourth-order valence-corrected chi connectivity index (χ4v) is 1.91. The number of nitrogens with two attached hydrogens (primary N) is 1. The summed E-state index contributed by atoms with van der Waals surface area (Å²) in [6.07, 6.45) is 1.79. The highest BCUT2D eigenvalue weighted by molar-refractivity contribution is 5.89. The molecule has 0 radical (unpaired) electrons. The van der Waals surface area contributed by atoms with Crippen molar-refractivity contribution >= 4 is 11.8 Å². The summed E-state index contributed by atoms with van der Waals surface area (Å²) in [5.41, 5.74) is 5.49. The molecular weight excluding hydrogens is 246 g/mol. The van der Waals surface area contributed by atoms with Gasteiger partial charge in [0.2, 0.25) is 11.8 Å². The van der Waals surface area contributed by atoms with Gasteiger partial charge in [0.05, 0.1) is 6.10 Å². The molecule has 4 N–H and O–H groups in total. The number of rotatable bonds is 6. The summed E-state index contributed by atoms with van der Waals surface area (Å²) < 4.78 is 5.49. The molecule has 1 rings (SSSR count). The lowest BCUT2D eigenvalue weighted by molar-refractivity contribution is -0.135. The van der Waals surface area contributed by atoms with Crippen LogP contribution in [-0.4, -0.2) is 42.7 Å². The molecule has 0 bridgehead atoms. The molecule has 1 aliphatic heterocycles. The number of carbonyl (C=O) groups excluding carboxylic acids is 2. The smallest absolute Gasteiger partial charge is 0.249 e. The Hall–Kier alpha value is -1.14. The SMILES string of the molecule is CCC(C)NC(=O)C(C)NC(=O)[C@@H]1CC[C@H](CN)O1. The van der Waals surface area contributed by atoms with Crippen LogP contribution in [0.1, 0.15) is 40.0 Å². The Balaban J connectivity index is 2.37. The molecular formula is C13H25N3O3. The Kier molecular flexibility index (Phi) is 6.24. The highest BCUT2D eigenvalue weighted by Gasteiger charge is 2.31. The maximum Gasteiger partial charge on any atom is 0.249 e. The third-order valence-electron chi connectivity index (χ3n) is 3.42. The maximum atomic E-state index is 11.9. The third kappa shape index (κ3) is 4.80. The van der Waals surface area contributed by atoms with Gasteiger partial charge in [-0.3, -0.25) is 9.59 Å². The van der Waals surface area contributed by atoms with Crippen LogP contribution in [0.5, 0.6) is 0 Å². The van der Waals surface area contributed by atoms with Crippen LogP contribution in [0.15, 0.2) is 0 Å². The second kappa shape index (κ2) is 7.45. The van der Waals surface area contributed by atoms with E-state index in [0.717, 1.165) is 12.8 Å². The van der Waals surface area contributed by atoms with Crippen molar-refractivity contribution in [2.75, 3.05) is 6.54 Å². The minimum Gasteiger partial charge on any atom is -0.364 e. The highest BCUT2D eigenvalue weighted by atomic mass is 16.5. The molecule has 6 heteroatoms. The van der Waals surface area contributed by atoms with Crippen LogP contribution < -0.4 is 16.4 Å². The summed E-state index contributed by atoms with van der Waals surface area (Å²) in [5.74, 6) is -0.404. The van der Waals surface area contributed by atoms with Gasteiger partial charge in [0.1, 0.15) is 12.1 Å². The Morgan fingerprint density at radius 3 is 2.53 bits per heavy atom. The van der Waals surface area contributed by atoms with Crippen molar-refractivity contribution in [3.8, 4) is 0 Å². The predicted octanol–water partition coefficient (Wildman–Crippen LogP) is -0.0879. The van der Waals surface area contributed by atoms with Crippen LogP contribution >= 0.6 is 0 Å². The molecule has 1 heterocycles. The average Bonchev–Trinajstić information content (AvgIpc) is 2.87. The van der Waals surface area contributed by atoms with E-state index in [9.17, 15) is 9.59 Å². The summed E-state index contributed by atoms with van der Waals surface area (Å²) in [6.45, 7) is 6.02. The topological polar surface area (TPSA) is 93.5 Å². The Bertz CT molecular complexity index is 322. The Labute approximate surface area is 114 Å². The van der Waals surface area contributed by atoms with Crippen LogP contribution in [0, 0.1) is 0 Å². The van der Waals surface area contributed by atoms with E-state index < -0.39 is 12.1 Å². The zero-order valence-electron chi connectivity index (χ0n) is 11.9. The van der Waals surface area contributed by atoms with Crippen LogP contribution in [0.4, 0.5) is 0 Å². The molecule has 4 atom stereocenters. The maximum absolute atomic E-state index is 11.9. The van der Waals surface area contributed by atoms with Crippen molar-refractivity contribution in [1.82, 2.24) is 10.6 Å². The van der Waals surface area contributed by atoms with Gasteiger partial charge in [-0.2, -0.15) is 0 Å². The average molecular weight is 271 g/mol. The molecule has 1 fully saturated rings. The molecule has 19 heavy (non-hydrogen) atoms. The van der Waals surface area contributed by atoms with Gasteiger partial charge in [-0.1, -0.05) is 6.92 Å². The quantitative estimate of drug-likeness (QED) is 0.629. The Morgan fingerprint density at radius 2 is 2.00 bits per heavy atom. The number of carbonyl (C=O) groups is 2. The summed E-state index contributed by atoms with van der Waals surface area (Å²) >= 11 is 0. The van der Waals surface area contributed by atoms with E-state index >= 15 is 0 Å². The van der Waals surface area contributed by atoms with Crippen LogP contribution in [-0.2, 0) is 14.3 Å². The second-order valence-electron chi connectivity index (χ2n) is 5.11. The first-order valence-corrected chi connectivity index (χ1v) is 6.94. The number of ether oxygens (including phenoxy) is 1. The lowest BCUT2D eigenvalue weighted by Gasteiger charge is -2.19. The van der Waals surface area contributed by atoms with Crippen LogP contribution in [0.25, 0.3) is 0 Å². The summed E-state index contributed by atoms with van der Waals surface area (Å²) in [7, 11) is 0. The molecule has 0 aromatic rings. The zero-order chi connectivity index (χ0) is 14.4. The van der Waals surface area contributed by atoms with Crippen molar-refractivity contribution in [1.29, 1.82) is 0 Å². The molecule has 1 aliphatic rings. The molecule has 0 aromatic carbocycles. The summed E-state index contributed by atoms with van der Waals surface area (Å²) in [5, 5.41) is 5.51. The van der Waals surface area contributed by atoms with E-state index in [1.165, 1.54) is 0 Å². The fraction of sp³-hybridized carbons (Fsp3) is 0.846. The molecule has 1 saturated heterocycles. The van der Waals surface area contributed by atoms with E-state index in [2.05, 4.69) is 10.6 Å². The Morgan fingerprint density at radius 1 is 1.32 bits per heavy atom. The first-order chi connectivity index (χ1) is 8.97.